The zero-order valence-corrected chi connectivity index (χ0v) is 9.14. The second-order valence-electron chi connectivity index (χ2n) is 3.89. The molecule has 0 bridgehead atoms. The molecule has 0 aromatic carbocycles. The first-order chi connectivity index (χ1) is 8.18. The maximum absolute atomic E-state index is 11.6. The minimum atomic E-state index is -1.19. The van der Waals surface area contributed by atoms with Gasteiger partial charge in [0.1, 0.15) is 12.2 Å². The Morgan fingerprint density at radius 2 is 2.06 bits per heavy atom. The first-order valence-corrected chi connectivity index (χ1v) is 5.35. The fraction of sp³-hybridized carbons (Fsp3) is 0.308. The quantitative estimate of drug-likeness (QED) is 0.412. The lowest BCUT2D eigenvalue weighted by molar-refractivity contribution is -0.152. The molecular formula is C13H11O4+. The summed E-state index contributed by atoms with van der Waals surface area (Å²) < 4.78 is 4.95. The second-order valence-corrected chi connectivity index (χ2v) is 3.89. The maximum atomic E-state index is 11.6. The van der Waals surface area contributed by atoms with Crippen molar-refractivity contribution in [2.24, 2.45) is 5.92 Å². The van der Waals surface area contributed by atoms with Crippen LogP contribution in [0.2, 0.25) is 0 Å². The molecule has 4 heteroatoms. The van der Waals surface area contributed by atoms with Crippen LogP contribution in [0.15, 0.2) is 29.9 Å². The van der Waals surface area contributed by atoms with Gasteiger partial charge in [-0.15, -0.1) is 0 Å². The van der Waals surface area contributed by atoms with Crippen LogP contribution >= 0.6 is 0 Å². The van der Waals surface area contributed by atoms with Crippen molar-refractivity contribution >= 4 is 17.5 Å². The van der Waals surface area contributed by atoms with Crippen LogP contribution in [-0.4, -0.2) is 24.1 Å². The fourth-order valence-corrected chi connectivity index (χ4v) is 1.74. The number of ketones is 2. The Bertz CT molecular complexity index is 438. The van der Waals surface area contributed by atoms with Crippen LogP contribution in [0.1, 0.15) is 12.8 Å². The third kappa shape index (κ3) is 2.55. The van der Waals surface area contributed by atoms with E-state index in [0.717, 1.165) is 5.57 Å². The molecule has 1 fully saturated rings. The minimum absolute atomic E-state index is 0.0627. The lowest BCUT2D eigenvalue weighted by Gasteiger charge is -2.06. The molecule has 0 amide bonds. The third-order valence-electron chi connectivity index (χ3n) is 2.65. The number of esters is 1. The average molecular weight is 231 g/mol. The summed E-state index contributed by atoms with van der Waals surface area (Å²) in [6.45, 7) is 0.0627. The van der Waals surface area contributed by atoms with E-state index in [1.165, 1.54) is 0 Å². The Kier molecular flexibility index (Phi) is 3.26. The molecule has 0 aliphatic heterocycles. The van der Waals surface area contributed by atoms with Gasteiger partial charge in [-0.1, -0.05) is 0 Å². The molecule has 1 saturated carbocycles. The third-order valence-corrected chi connectivity index (χ3v) is 2.65. The van der Waals surface area contributed by atoms with Crippen LogP contribution in [0.25, 0.3) is 0 Å². The molecule has 2 aliphatic rings. The van der Waals surface area contributed by atoms with E-state index in [-0.39, 0.29) is 31.0 Å². The molecule has 2 rings (SSSR count). The van der Waals surface area contributed by atoms with Gasteiger partial charge in [0, 0.05) is 25.0 Å². The molecule has 4 nitrogen and oxygen atoms in total. The zero-order chi connectivity index (χ0) is 12.3. The monoisotopic (exact) mass is 231 g/mol. The van der Waals surface area contributed by atoms with E-state index < -0.39 is 11.9 Å². The Morgan fingerprint density at radius 3 is 2.65 bits per heavy atom. The lowest BCUT2D eigenvalue weighted by Crippen LogP contribution is -2.27. The fourth-order valence-electron chi connectivity index (χ4n) is 1.74. The maximum Gasteiger partial charge on any atom is 0.325 e. The molecule has 0 aromatic rings. The lowest BCUT2D eigenvalue weighted by atomic mass is 10.1. The Labute approximate surface area is 98.6 Å². The molecule has 0 saturated heterocycles. The van der Waals surface area contributed by atoms with Crippen LogP contribution in [0, 0.1) is 12.0 Å². The second kappa shape index (κ2) is 4.85. The van der Waals surface area contributed by atoms with E-state index in [1.54, 1.807) is 24.3 Å². The SMILES string of the molecule is O=C1CCC(=O)C1C(=O)OCC1=CC=C[C+]=C1. The average Bonchev–Trinajstić information content (AvgIpc) is 2.67. The molecule has 0 heterocycles. The van der Waals surface area contributed by atoms with E-state index in [4.69, 9.17) is 4.74 Å². The summed E-state index contributed by atoms with van der Waals surface area (Å²) in [6.07, 6.45) is 10.1. The van der Waals surface area contributed by atoms with E-state index in [9.17, 15) is 14.4 Å². The van der Waals surface area contributed by atoms with Gasteiger partial charge in [-0.3, -0.25) is 14.4 Å². The van der Waals surface area contributed by atoms with Crippen molar-refractivity contribution in [2.45, 2.75) is 12.8 Å². The smallest absolute Gasteiger partial charge is 0.325 e. The molecular weight excluding hydrogens is 220 g/mol. The van der Waals surface area contributed by atoms with Gasteiger partial charge in [0.2, 0.25) is 0 Å². The van der Waals surface area contributed by atoms with E-state index in [0.29, 0.717) is 0 Å². The van der Waals surface area contributed by atoms with Gasteiger partial charge in [0.15, 0.2) is 24.1 Å². The highest BCUT2D eigenvalue weighted by molar-refractivity contribution is 6.21. The molecule has 86 valence electrons. The largest absolute Gasteiger partial charge is 0.446 e. The number of allylic oxidation sites excluding steroid dienone is 4. The van der Waals surface area contributed by atoms with Gasteiger partial charge in [0.25, 0.3) is 0 Å². The number of hydrogen-bond donors (Lipinski definition) is 0. The summed E-state index contributed by atoms with van der Waals surface area (Å²) in [5.41, 5.74) is 0.777. The molecule has 0 spiro atoms. The molecule has 17 heavy (non-hydrogen) atoms. The molecule has 0 atom stereocenters. The van der Waals surface area contributed by atoms with Crippen LogP contribution in [0.3, 0.4) is 0 Å². The van der Waals surface area contributed by atoms with Crippen molar-refractivity contribution in [1.82, 2.24) is 0 Å². The van der Waals surface area contributed by atoms with Crippen molar-refractivity contribution < 1.29 is 19.1 Å². The summed E-state index contributed by atoms with van der Waals surface area (Å²) in [5.74, 6) is -2.59. The van der Waals surface area contributed by atoms with Gasteiger partial charge in [-0.25, -0.2) is 0 Å². The standard InChI is InChI=1S/C13H11O4/c14-10-6-7-11(15)12(10)13(16)17-8-9-4-2-1-3-5-9/h1-2,4-5,12H,6-8H2/q+1. The summed E-state index contributed by atoms with van der Waals surface area (Å²) in [5, 5.41) is 0. The highest BCUT2D eigenvalue weighted by Gasteiger charge is 2.40. The van der Waals surface area contributed by atoms with Gasteiger partial charge < -0.3 is 4.74 Å². The first-order valence-electron chi connectivity index (χ1n) is 5.35. The number of hydrogen-bond acceptors (Lipinski definition) is 4. The number of Topliss-reactive ketones (excluding diaryl/α,β-unsaturated/α-hetero) is 2. The van der Waals surface area contributed by atoms with Crippen LogP contribution in [-0.2, 0) is 19.1 Å². The highest BCUT2D eigenvalue weighted by atomic mass is 16.5. The summed E-state index contributed by atoms with van der Waals surface area (Å²) in [6, 6.07) is 0. The van der Waals surface area contributed by atoms with E-state index >= 15 is 0 Å². The number of ether oxygens (including phenoxy) is 1. The van der Waals surface area contributed by atoms with Crippen molar-refractivity contribution in [3.8, 4) is 0 Å². The predicted molar refractivity (Wildman–Crippen MR) is 58.7 cm³/mol. The van der Waals surface area contributed by atoms with Crippen molar-refractivity contribution in [2.75, 3.05) is 6.61 Å². The number of carbonyl (C=O) groups is 3. The Morgan fingerprint density at radius 1 is 1.35 bits per heavy atom. The zero-order valence-electron chi connectivity index (χ0n) is 9.14. The molecule has 0 N–H and O–H groups in total. The van der Waals surface area contributed by atoms with Gasteiger partial charge >= 0.3 is 5.97 Å². The Hall–Kier alpha value is -2.06. The highest BCUT2D eigenvalue weighted by Crippen LogP contribution is 2.19. The van der Waals surface area contributed by atoms with Crippen LogP contribution in [0.4, 0.5) is 0 Å². The van der Waals surface area contributed by atoms with Gasteiger partial charge in [0.05, 0.1) is 11.6 Å². The Balaban J connectivity index is 1.91. The first kappa shape index (κ1) is 11.4. The van der Waals surface area contributed by atoms with Crippen molar-refractivity contribution in [3.63, 3.8) is 0 Å². The normalized spacial score (nSPS) is 19.2. The summed E-state index contributed by atoms with van der Waals surface area (Å²) in [4.78, 5) is 34.2. The number of carbonyl (C=O) groups excluding carboxylic acids is 3. The molecule has 0 radical (unpaired) electrons. The van der Waals surface area contributed by atoms with E-state index in [1.807, 2.05) is 0 Å². The van der Waals surface area contributed by atoms with E-state index in [2.05, 4.69) is 6.08 Å². The topological polar surface area (TPSA) is 60.4 Å². The van der Waals surface area contributed by atoms with Crippen LogP contribution < -0.4 is 0 Å². The van der Waals surface area contributed by atoms with Crippen LogP contribution in [0.5, 0.6) is 0 Å². The van der Waals surface area contributed by atoms with Gasteiger partial charge in [-0.05, 0) is 0 Å². The summed E-state index contributed by atoms with van der Waals surface area (Å²) in [7, 11) is 0. The molecule has 0 unspecified atom stereocenters. The predicted octanol–water partition coefficient (Wildman–Crippen LogP) is 0.933. The summed E-state index contributed by atoms with van der Waals surface area (Å²) >= 11 is 0. The molecule has 0 aromatic heterocycles. The minimum Gasteiger partial charge on any atom is -0.446 e. The van der Waals surface area contributed by atoms with Crippen molar-refractivity contribution in [1.29, 1.82) is 0 Å². The van der Waals surface area contributed by atoms with Crippen molar-refractivity contribution in [3.05, 3.63) is 36.0 Å². The number of rotatable bonds is 3. The van der Waals surface area contributed by atoms with Gasteiger partial charge in [-0.2, -0.15) is 0 Å². The molecule has 2 aliphatic carbocycles.